The van der Waals surface area contributed by atoms with E-state index in [1.807, 2.05) is 30.3 Å². The third-order valence-corrected chi connectivity index (χ3v) is 3.16. The highest BCUT2D eigenvalue weighted by atomic mass is 16.7. The number of rotatable bonds is 4. The number of hydrogen-bond acceptors (Lipinski definition) is 4. The summed E-state index contributed by atoms with van der Waals surface area (Å²) in [4.78, 5) is 0. The monoisotopic (exact) mass is 236 g/mol. The Kier molecular flexibility index (Phi) is 3.11. The molecule has 1 aromatic carbocycles. The van der Waals surface area contributed by atoms with E-state index in [2.05, 4.69) is 0 Å². The van der Waals surface area contributed by atoms with Crippen LogP contribution in [0.1, 0.15) is 5.56 Å². The SMILES string of the molecule is CO[C@H]1OC[C@H](OCc2ccccc2)[C@@H]2O[C@H]12. The van der Waals surface area contributed by atoms with Crippen molar-refractivity contribution in [2.45, 2.75) is 31.2 Å². The highest BCUT2D eigenvalue weighted by Crippen LogP contribution is 2.36. The number of hydrogen-bond donors (Lipinski definition) is 0. The summed E-state index contributed by atoms with van der Waals surface area (Å²) < 4.78 is 22.0. The summed E-state index contributed by atoms with van der Waals surface area (Å²) in [5.74, 6) is 0. The van der Waals surface area contributed by atoms with Crippen LogP contribution in [0.15, 0.2) is 30.3 Å². The summed E-state index contributed by atoms with van der Waals surface area (Å²) >= 11 is 0. The number of ether oxygens (including phenoxy) is 4. The minimum atomic E-state index is -0.225. The molecule has 0 bridgehead atoms. The summed E-state index contributed by atoms with van der Waals surface area (Å²) in [5.41, 5.74) is 1.17. The second-order valence-electron chi connectivity index (χ2n) is 4.34. The Labute approximate surface area is 100 Å². The maximum absolute atomic E-state index is 5.81. The molecule has 2 heterocycles. The molecule has 2 aliphatic rings. The van der Waals surface area contributed by atoms with Crippen LogP contribution in [0.2, 0.25) is 0 Å². The highest BCUT2D eigenvalue weighted by molar-refractivity contribution is 5.13. The van der Waals surface area contributed by atoms with Gasteiger partial charge in [-0.2, -0.15) is 0 Å². The predicted molar refractivity (Wildman–Crippen MR) is 60.4 cm³/mol. The van der Waals surface area contributed by atoms with Crippen LogP contribution in [-0.4, -0.2) is 38.3 Å². The second-order valence-corrected chi connectivity index (χ2v) is 4.34. The van der Waals surface area contributed by atoms with E-state index in [9.17, 15) is 0 Å². The maximum Gasteiger partial charge on any atom is 0.186 e. The first-order valence-corrected chi connectivity index (χ1v) is 5.84. The molecule has 17 heavy (non-hydrogen) atoms. The summed E-state index contributed by atoms with van der Waals surface area (Å²) in [5, 5.41) is 0. The minimum absolute atomic E-state index is 0.0200. The quantitative estimate of drug-likeness (QED) is 0.740. The Morgan fingerprint density at radius 1 is 1.24 bits per heavy atom. The smallest absolute Gasteiger partial charge is 0.186 e. The lowest BCUT2D eigenvalue weighted by molar-refractivity contribution is -0.170. The molecule has 4 nitrogen and oxygen atoms in total. The Hall–Kier alpha value is -0.940. The average molecular weight is 236 g/mol. The fraction of sp³-hybridized carbons (Fsp3) is 0.538. The summed E-state index contributed by atoms with van der Waals surface area (Å²) in [7, 11) is 1.63. The molecular weight excluding hydrogens is 220 g/mol. The third-order valence-electron chi connectivity index (χ3n) is 3.16. The molecule has 0 unspecified atom stereocenters. The van der Waals surface area contributed by atoms with E-state index >= 15 is 0 Å². The van der Waals surface area contributed by atoms with Gasteiger partial charge in [-0.15, -0.1) is 0 Å². The molecule has 1 aromatic rings. The van der Waals surface area contributed by atoms with Gasteiger partial charge in [-0.25, -0.2) is 0 Å². The zero-order valence-electron chi connectivity index (χ0n) is 9.74. The summed E-state index contributed by atoms with van der Waals surface area (Å²) in [6.07, 6.45) is -0.0184. The Balaban J connectivity index is 1.51. The molecule has 0 aromatic heterocycles. The number of fused-ring (bicyclic) bond motifs is 1. The zero-order chi connectivity index (χ0) is 11.7. The fourth-order valence-corrected chi connectivity index (χ4v) is 2.16. The van der Waals surface area contributed by atoms with E-state index in [0.29, 0.717) is 13.2 Å². The number of epoxide rings is 1. The fourth-order valence-electron chi connectivity index (χ4n) is 2.16. The lowest BCUT2D eigenvalue weighted by Crippen LogP contribution is -2.39. The largest absolute Gasteiger partial charge is 0.368 e. The van der Waals surface area contributed by atoms with Crippen LogP contribution in [0.5, 0.6) is 0 Å². The predicted octanol–water partition coefficient (Wildman–Crippen LogP) is 1.34. The van der Waals surface area contributed by atoms with Crippen LogP contribution in [0.3, 0.4) is 0 Å². The van der Waals surface area contributed by atoms with E-state index in [1.54, 1.807) is 7.11 Å². The van der Waals surface area contributed by atoms with Gasteiger partial charge < -0.3 is 18.9 Å². The zero-order valence-corrected chi connectivity index (χ0v) is 9.74. The normalized spacial score (nSPS) is 35.4. The van der Waals surface area contributed by atoms with E-state index in [1.165, 1.54) is 5.56 Å². The van der Waals surface area contributed by atoms with Gasteiger partial charge in [-0.05, 0) is 5.56 Å². The summed E-state index contributed by atoms with van der Waals surface area (Å²) in [6.45, 7) is 1.13. The first-order valence-electron chi connectivity index (χ1n) is 5.84. The second kappa shape index (κ2) is 4.74. The third kappa shape index (κ3) is 2.35. The van der Waals surface area contributed by atoms with Crippen LogP contribution in [-0.2, 0) is 25.6 Å². The number of benzene rings is 1. The molecule has 2 aliphatic heterocycles. The Morgan fingerprint density at radius 3 is 2.82 bits per heavy atom. The van der Waals surface area contributed by atoms with Gasteiger partial charge in [-0.1, -0.05) is 30.3 Å². The van der Waals surface area contributed by atoms with Gasteiger partial charge in [0, 0.05) is 7.11 Å². The van der Waals surface area contributed by atoms with Gasteiger partial charge in [0.25, 0.3) is 0 Å². The van der Waals surface area contributed by atoms with Gasteiger partial charge in [0.15, 0.2) is 6.29 Å². The first kappa shape index (κ1) is 11.2. The van der Waals surface area contributed by atoms with Crippen molar-refractivity contribution in [3.8, 4) is 0 Å². The van der Waals surface area contributed by atoms with Crippen molar-refractivity contribution in [1.29, 1.82) is 0 Å². The standard InChI is InChI=1S/C13H16O4/c1-14-13-12-11(17-12)10(8-16-13)15-7-9-5-3-2-4-6-9/h2-6,10-13H,7-8H2,1H3/t10-,11-,12-,13-/m0/s1. The van der Waals surface area contributed by atoms with E-state index < -0.39 is 0 Å². The molecule has 0 N–H and O–H groups in total. The molecule has 3 rings (SSSR count). The van der Waals surface area contributed by atoms with Crippen LogP contribution in [0.25, 0.3) is 0 Å². The first-order chi connectivity index (χ1) is 8.38. The Bertz CT molecular complexity index is 367. The Morgan fingerprint density at radius 2 is 2.06 bits per heavy atom. The van der Waals surface area contributed by atoms with Crippen molar-refractivity contribution in [1.82, 2.24) is 0 Å². The maximum atomic E-state index is 5.81. The number of methoxy groups -OCH3 is 1. The van der Waals surface area contributed by atoms with Crippen molar-refractivity contribution in [3.63, 3.8) is 0 Å². The van der Waals surface area contributed by atoms with Crippen molar-refractivity contribution in [2.24, 2.45) is 0 Å². The van der Waals surface area contributed by atoms with E-state index in [0.717, 1.165) is 0 Å². The lowest BCUT2D eigenvalue weighted by atomic mass is 10.1. The van der Waals surface area contributed by atoms with Crippen LogP contribution < -0.4 is 0 Å². The van der Waals surface area contributed by atoms with Crippen molar-refractivity contribution >= 4 is 0 Å². The van der Waals surface area contributed by atoms with Gasteiger partial charge >= 0.3 is 0 Å². The molecule has 92 valence electrons. The molecule has 0 aliphatic carbocycles. The molecule has 0 spiro atoms. The van der Waals surface area contributed by atoms with Crippen LogP contribution >= 0.6 is 0 Å². The molecule has 4 atom stereocenters. The molecular formula is C13H16O4. The van der Waals surface area contributed by atoms with E-state index in [-0.39, 0.29) is 24.6 Å². The molecule has 0 saturated carbocycles. The molecule has 2 fully saturated rings. The van der Waals surface area contributed by atoms with Crippen molar-refractivity contribution in [2.75, 3.05) is 13.7 Å². The summed E-state index contributed by atoms with van der Waals surface area (Å²) in [6, 6.07) is 10.1. The average Bonchev–Trinajstić information content (AvgIpc) is 3.17. The highest BCUT2D eigenvalue weighted by Gasteiger charge is 2.55. The van der Waals surface area contributed by atoms with Gasteiger partial charge in [0.1, 0.15) is 18.3 Å². The molecule has 4 heteroatoms. The van der Waals surface area contributed by atoms with E-state index in [4.69, 9.17) is 18.9 Å². The van der Waals surface area contributed by atoms with Crippen LogP contribution in [0.4, 0.5) is 0 Å². The van der Waals surface area contributed by atoms with Gasteiger partial charge in [0.05, 0.1) is 13.2 Å². The topological polar surface area (TPSA) is 40.2 Å². The van der Waals surface area contributed by atoms with Gasteiger partial charge in [-0.3, -0.25) is 0 Å². The van der Waals surface area contributed by atoms with Crippen LogP contribution in [0, 0.1) is 0 Å². The molecule has 2 saturated heterocycles. The van der Waals surface area contributed by atoms with Gasteiger partial charge in [0.2, 0.25) is 0 Å². The van der Waals surface area contributed by atoms with Crippen molar-refractivity contribution < 1.29 is 18.9 Å². The van der Waals surface area contributed by atoms with Crippen molar-refractivity contribution in [3.05, 3.63) is 35.9 Å². The molecule has 0 amide bonds. The molecule has 0 radical (unpaired) electrons. The lowest BCUT2D eigenvalue weighted by Gasteiger charge is -2.24. The minimum Gasteiger partial charge on any atom is -0.368 e.